The van der Waals surface area contributed by atoms with Gasteiger partial charge < -0.3 is 0 Å². The van der Waals surface area contributed by atoms with E-state index in [9.17, 15) is 13.2 Å². The molecule has 1 aromatic rings. The monoisotopic (exact) mass is 300 g/mol. The summed E-state index contributed by atoms with van der Waals surface area (Å²) >= 11 is 0. The molecule has 0 N–H and O–H groups in total. The molecule has 0 saturated heterocycles. The Bertz CT molecular complexity index is 496. The molecule has 0 aromatic heterocycles. The molecule has 0 bridgehead atoms. The van der Waals surface area contributed by atoms with Gasteiger partial charge in [0.2, 0.25) is 0 Å². The fourth-order valence-electron chi connectivity index (χ4n) is 1.62. The van der Waals surface area contributed by atoms with Crippen LogP contribution in [0, 0.1) is 0 Å². The molecule has 6 heteroatoms. The molecule has 0 aliphatic carbocycles. The van der Waals surface area contributed by atoms with Crippen LogP contribution in [0.4, 0.5) is 0 Å². The highest BCUT2D eigenvalue weighted by Crippen LogP contribution is 2.12. The first-order valence-electron chi connectivity index (χ1n) is 6.75. The summed E-state index contributed by atoms with van der Waals surface area (Å²) in [6, 6.07) is 7.54. The molecule has 0 amide bonds. The number of unbranched alkanes of at least 4 members (excludes halogenated alkanes) is 4. The second kappa shape index (κ2) is 8.71. The van der Waals surface area contributed by atoms with E-state index in [1.165, 1.54) is 12.1 Å². The van der Waals surface area contributed by atoms with Crippen molar-refractivity contribution in [3.05, 3.63) is 30.3 Å². The van der Waals surface area contributed by atoms with Crippen LogP contribution in [0.1, 0.15) is 45.4 Å². The number of carbonyl (C=O) groups is 1. The van der Waals surface area contributed by atoms with E-state index in [-0.39, 0.29) is 11.3 Å². The summed E-state index contributed by atoms with van der Waals surface area (Å²) in [6.45, 7) is 2.11. The topological polar surface area (TPSA) is 69.7 Å². The Morgan fingerprint density at radius 2 is 1.70 bits per heavy atom. The molecule has 0 aliphatic rings. The molecule has 0 saturated carbocycles. The summed E-state index contributed by atoms with van der Waals surface area (Å²) in [5.41, 5.74) is 0. The highest BCUT2D eigenvalue weighted by Gasteiger charge is 2.18. The van der Waals surface area contributed by atoms with E-state index >= 15 is 0 Å². The van der Waals surface area contributed by atoms with E-state index in [1.807, 2.05) is 0 Å². The fourth-order valence-corrected chi connectivity index (χ4v) is 2.36. The molecule has 5 nitrogen and oxygen atoms in total. The second-order valence-corrected chi connectivity index (χ2v) is 5.97. The molecule has 0 heterocycles. The van der Waals surface area contributed by atoms with Gasteiger partial charge >= 0.3 is 16.1 Å². The SMILES string of the molecule is CCCCCCCC(=O)OOS(=O)(=O)c1ccccc1. The minimum absolute atomic E-state index is 0.0456. The maximum absolute atomic E-state index is 11.7. The van der Waals surface area contributed by atoms with E-state index in [0.29, 0.717) is 6.42 Å². The van der Waals surface area contributed by atoms with E-state index in [1.54, 1.807) is 18.2 Å². The smallest absolute Gasteiger partial charge is 0.281 e. The van der Waals surface area contributed by atoms with Crippen LogP contribution in [0.5, 0.6) is 0 Å². The van der Waals surface area contributed by atoms with Crippen LogP contribution in [0.2, 0.25) is 0 Å². The minimum atomic E-state index is -4.04. The maximum atomic E-state index is 11.7. The molecular formula is C14H20O5S. The molecule has 0 fully saturated rings. The summed E-state index contributed by atoms with van der Waals surface area (Å²) < 4.78 is 27.6. The predicted molar refractivity (Wildman–Crippen MR) is 74.2 cm³/mol. The number of carbonyl (C=O) groups excluding carboxylic acids is 1. The number of hydrogen-bond acceptors (Lipinski definition) is 5. The van der Waals surface area contributed by atoms with Crippen molar-refractivity contribution in [1.29, 1.82) is 0 Å². The van der Waals surface area contributed by atoms with Gasteiger partial charge in [-0.2, -0.15) is 8.42 Å². The largest absolute Gasteiger partial charge is 0.343 e. The van der Waals surface area contributed by atoms with Gasteiger partial charge in [0.05, 0.1) is 4.90 Å². The lowest BCUT2D eigenvalue weighted by molar-refractivity contribution is -0.211. The fraction of sp³-hybridized carbons (Fsp3) is 0.500. The Morgan fingerprint density at radius 3 is 2.35 bits per heavy atom. The van der Waals surface area contributed by atoms with Gasteiger partial charge in [-0.05, 0) is 22.9 Å². The quantitative estimate of drug-likeness (QED) is 0.398. The normalized spacial score (nSPS) is 11.2. The maximum Gasteiger partial charge on any atom is 0.343 e. The van der Waals surface area contributed by atoms with E-state index in [2.05, 4.69) is 16.1 Å². The Morgan fingerprint density at radius 1 is 1.05 bits per heavy atom. The lowest BCUT2D eigenvalue weighted by Gasteiger charge is -2.04. The standard InChI is InChI=1S/C14H20O5S/c1-2-3-4-5-9-12-14(15)18-19-20(16,17)13-10-7-6-8-11-13/h6-8,10-11H,2-5,9,12H2,1H3. The molecule has 0 spiro atoms. The van der Waals surface area contributed by atoms with Gasteiger partial charge in [-0.15, -0.1) is 0 Å². The van der Waals surface area contributed by atoms with Crippen LogP contribution in [-0.4, -0.2) is 14.4 Å². The number of hydrogen-bond donors (Lipinski definition) is 0. The van der Waals surface area contributed by atoms with Gasteiger partial charge in [0, 0.05) is 6.42 Å². The Kier molecular flexibility index (Phi) is 7.25. The van der Waals surface area contributed by atoms with Crippen LogP contribution in [0.3, 0.4) is 0 Å². The van der Waals surface area contributed by atoms with Crippen molar-refractivity contribution in [3.8, 4) is 0 Å². The third kappa shape index (κ3) is 6.16. The minimum Gasteiger partial charge on any atom is -0.281 e. The first-order valence-corrected chi connectivity index (χ1v) is 8.16. The highest BCUT2D eigenvalue weighted by atomic mass is 32.2. The van der Waals surface area contributed by atoms with Crippen LogP contribution in [-0.2, 0) is 24.1 Å². The molecular weight excluding hydrogens is 280 g/mol. The second-order valence-electron chi connectivity index (χ2n) is 4.45. The Labute approximate surface area is 120 Å². The lowest BCUT2D eigenvalue weighted by Crippen LogP contribution is -2.12. The van der Waals surface area contributed by atoms with Crippen molar-refractivity contribution in [2.75, 3.05) is 0 Å². The molecule has 1 aromatic carbocycles. The van der Waals surface area contributed by atoms with E-state index in [4.69, 9.17) is 0 Å². The average Bonchev–Trinajstić information content (AvgIpc) is 2.46. The van der Waals surface area contributed by atoms with Gasteiger partial charge in [0.15, 0.2) is 0 Å². The summed E-state index contributed by atoms with van der Waals surface area (Å²) in [7, 11) is -4.04. The Balaban J connectivity index is 2.30. The Hall–Kier alpha value is -1.40. The van der Waals surface area contributed by atoms with E-state index < -0.39 is 16.1 Å². The lowest BCUT2D eigenvalue weighted by atomic mass is 10.1. The summed E-state index contributed by atoms with van der Waals surface area (Å²) in [6.07, 6.45) is 5.08. The van der Waals surface area contributed by atoms with Gasteiger partial charge in [-0.1, -0.05) is 50.8 Å². The zero-order chi connectivity index (χ0) is 14.8. The third-order valence-corrected chi connectivity index (χ3v) is 3.83. The van der Waals surface area contributed by atoms with Crippen molar-refractivity contribution in [2.24, 2.45) is 0 Å². The van der Waals surface area contributed by atoms with Crippen molar-refractivity contribution in [3.63, 3.8) is 0 Å². The molecule has 0 atom stereocenters. The first-order chi connectivity index (χ1) is 9.56. The van der Waals surface area contributed by atoms with Crippen LogP contribution in [0.15, 0.2) is 35.2 Å². The van der Waals surface area contributed by atoms with Crippen LogP contribution < -0.4 is 0 Å². The summed E-state index contributed by atoms with van der Waals surface area (Å²) in [5.74, 6) is -0.666. The highest BCUT2D eigenvalue weighted by molar-refractivity contribution is 7.86. The van der Waals surface area contributed by atoms with Gasteiger partial charge in [-0.25, -0.2) is 4.79 Å². The van der Waals surface area contributed by atoms with Crippen molar-refractivity contribution >= 4 is 16.1 Å². The van der Waals surface area contributed by atoms with E-state index in [0.717, 1.165) is 25.7 Å². The summed E-state index contributed by atoms with van der Waals surface area (Å²) in [5, 5.41) is 0. The molecule has 112 valence electrons. The third-order valence-electron chi connectivity index (χ3n) is 2.73. The summed E-state index contributed by atoms with van der Waals surface area (Å²) in [4.78, 5) is 15.6. The molecule has 0 radical (unpaired) electrons. The zero-order valence-corrected chi connectivity index (χ0v) is 12.4. The first kappa shape index (κ1) is 16.7. The van der Waals surface area contributed by atoms with Crippen LogP contribution >= 0.6 is 0 Å². The van der Waals surface area contributed by atoms with Crippen LogP contribution in [0.25, 0.3) is 0 Å². The molecule has 20 heavy (non-hydrogen) atoms. The van der Waals surface area contributed by atoms with Crippen molar-refractivity contribution < 1.29 is 22.4 Å². The molecule has 0 unspecified atom stereocenters. The zero-order valence-electron chi connectivity index (χ0n) is 11.6. The van der Waals surface area contributed by atoms with Crippen molar-refractivity contribution in [2.45, 2.75) is 50.3 Å². The van der Waals surface area contributed by atoms with Gasteiger partial charge in [0.1, 0.15) is 0 Å². The van der Waals surface area contributed by atoms with Crippen molar-refractivity contribution in [1.82, 2.24) is 0 Å². The number of benzene rings is 1. The number of rotatable bonds is 9. The predicted octanol–water partition coefficient (Wildman–Crippen LogP) is 3.21. The van der Waals surface area contributed by atoms with Gasteiger partial charge in [-0.3, -0.25) is 4.89 Å². The van der Waals surface area contributed by atoms with Gasteiger partial charge in [0.25, 0.3) is 0 Å². The molecule has 0 aliphatic heterocycles. The molecule has 1 rings (SSSR count). The average molecular weight is 300 g/mol.